The first-order valence-electron chi connectivity index (χ1n) is 6.30. The summed E-state index contributed by atoms with van der Waals surface area (Å²) in [7, 11) is 0. The van der Waals surface area contributed by atoms with Crippen molar-refractivity contribution in [3.63, 3.8) is 0 Å². The van der Waals surface area contributed by atoms with Crippen molar-refractivity contribution in [3.05, 3.63) is 70.8 Å². The monoisotopic (exact) mass is 238 g/mol. The molecule has 0 aromatic heterocycles. The second-order valence-corrected chi connectivity index (χ2v) is 4.93. The van der Waals surface area contributed by atoms with Gasteiger partial charge in [-0.25, -0.2) is 0 Å². The number of ether oxygens (including phenoxy) is 2. The third-order valence-electron chi connectivity index (χ3n) is 3.89. The van der Waals surface area contributed by atoms with Crippen molar-refractivity contribution in [2.24, 2.45) is 0 Å². The Morgan fingerprint density at radius 3 is 2.17 bits per heavy atom. The fourth-order valence-corrected chi connectivity index (χ4v) is 2.92. The van der Waals surface area contributed by atoms with Crippen LogP contribution in [-0.4, -0.2) is 0 Å². The maximum Gasteiger partial charge on any atom is 0.199 e. The van der Waals surface area contributed by atoms with Gasteiger partial charge in [-0.2, -0.15) is 0 Å². The van der Waals surface area contributed by atoms with Gasteiger partial charge in [-0.3, -0.25) is 0 Å². The van der Waals surface area contributed by atoms with Crippen molar-refractivity contribution in [2.75, 3.05) is 0 Å². The molecule has 1 unspecified atom stereocenters. The zero-order valence-electron chi connectivity index (χ0n) is 10.1. The number of fused-ring (bicyclic) bond motifs is 3. The van der Waals surface area contributed by atoms with E-state index < -0.39 is 5.79 Å². The van der Waals surface area contributed by atoms with E-state index in [1.54, 1.807) is 0 Å². The Morgan fingerprint density at radius 1 is 0.722 bits per heavy atom. The van der Waals surface area contributed by atoms with Gasteiger partial charge >= 0.3 is 0 Å². The van der Waals surface area contributed by atoms with E-state index in [0.29, 0.717) is 13.2 Å². The largest absolute Gasteiger partial charge is 0.341 e. The van der Waals surface area contributed by atoms with Crippen molar-refractivity contribution in [1.82, 2.24) is 0 Å². The molecule has 2 aliphatic heterocycles. The number of rotatable bonds is 0. The minimum absolute atomic E-state index is 0.551. The first kappa shape index (κ1) is 10.3. The molecule has 2 nitrogen and oxygen atoms in total. The molecule has 0 saturated heterocycles. The van der Waals surface area contributed by atoms with Crippen molar-refractivity contribution in [2.45, 2.75) is 25.4 Å². The van der Waals surface area contributed by atoms with E-state index in [2.05, 4.69) is 48.5 Å². The molecule has 2 heterocycles. The summed E-state index contributed by atoms with van der Waals surface area (Å²) in [6.45, 7) is 1.28. The van der Waals surface area contributed by atoms with Gasteiger partial charge in [0.15, 0.2) is 5.79 Å². The average Bonchev–Trinajstić information content (AvgIpc) is 2.78. The van der Waals surface area contributed by atoms with Gasteiger partial charge in [0, 0.05) is 12.0 Å². The van der Waals surface area contributed by atoms with Crippen molar-refractivity contribution in [3.8, 4) is 0 Å². The molecule has 1 atom stereocenters. The predicted octanol–water partition coefficient (Wildman–Crippen LogP) is 3.14. The van der Waals surface area contributed by atoms with Gasteiger partial charge in [-0.15, -0.1) is 0 Å². The molecule has 0 aliphatic carbocycles. The molecule has 2 aliphatic rings. The minimum atomic E-state index is -0.551. The van der Waals surface area contributed by atoms with E-state index in [0.717, 1.165) is 6.42 Å². The summed E-state index contributed by atoms with van der Waals surface area (Å²) in [5.41, 5.74) is 5.05. The molecule has 2 aromatic rings. The Labute approximate surface area is 106 Å². The Balaban J connectivity index is 1.81. The first-order valence-corrected chi connectivity index (χ1v) is 6.30. The third kappa shape index (κ3) is 1.36. The standard InChI is InChI=1S/C16H14O2/c1-2-6-13-10-17-16(9-12(13)5-1)15-8-4-3-7-14(15)11-18-16/h1-8H,9-11H2. The lowest BCUT2D eigenvalue weighted by molar-refractivity contribution is -0.251. The van der Waals surface area contributed by atoms with Crippen LogP contribution in [0.5, 0.6) is 0 Å². The summed E-state index contributed by atoms with van der Waals surface area (Å²) in [6.07, 6.45) is 0.806. The van der Waals surface area contributed by atoms with Crippen molar-refractivity contribution in [1.29, 1.82) is 0 Å². The minimum Gasteiger partial charge on any atom is -0.341 e. The Bertz CT molecular complexity index is 606. The smallest absolute Gasteiger partial charge is 0.199 e. The van der Waals surface area contributed by atoms with Crippen LogP contribution in [0.1, 0.15) is 22.3 Å². The molecule has 0 saturated carbocycles. The van der Waals surface area contributed by atoms with E-state index in [-0.39, 0.29) is 0 Å². The van der Waals surface area contributed by atoms with Crippen LogP contribution in [0.3, 0.4) is 0 Å². The van der Waals surface area contributed by atoms with E-state index in [4.69, 9.17) is 9.47 Å². The highest BCUT2D eigenvalue weighted by Crippen LogP contribution is 2.43. The second kappa shape index (κ2) is 3.67. The van der Waals surface area contributed by atoms with Gasteiger partial charge in [0.05, 0.1) is 13.2 Å². The topological polar surface area (TPSA) is 18.5 Å². The number of hydrogen-bond donors (Lipinski definition) is 0. The van der Waals surface area contributed by atoms with Crippen LogP contribution >= 0.6 is 0 Å². The molecule has 18 heavy (non-hydrogen) atoms. The molecule has 0 N–H and O–H groups in total. The highest BCUT2D eigenvalue weighted by atomic mass is 16.7. The van der Waals surface area contributed by atoms with Crippen LogP contribution < -0.4 is 0 Å². The van der Waals surface area contributed by atoms with Crippen LogP contribution in [0.15, 0.2) is 48.5 Å². The molecule has 4 rings (SSSR count). The Kier molecular flexibility index (Phi) is 2.10. The van der Waals surface area contributed by atoms with Crippen LogP contribution in [-0.2, 0) is 34.9 Å². The maximum atomic E-state index is 6.06. The zero-order valence-corrected chi connectivity index (χ0v) is 10.1. The molecule has 2 heteroatoms. The van der Waals surface area contributed by atoms with E-state index in [9.17, 15) is 0 Å². The third-order valence-corrected chi connectivity index (χ3v) is 3.89. The highest BCUT2D eigenvalue weighted by molar-refractivity contribution is 5.38. The zero-order chi connectivity index (χ0) is 12.0. The molecule has 0 bridgehead atoms. The SMILES string of the molecule is c1ccc2c(c1)COC1(C2)OCc2ccccc21. The van der Waals surface area contributed by atoms with Gasteiger partial charge < -0.3 is 9.47 Å². The van der Waals surface area contributed by atoms with Gasteiger partial charge in [0.1, 0.15) is 0 Å². The molecule has 90 valence electrons. The lowest BCUT2D eigenvalue weighted by atomic mass is 9.91. The summed E-state index contributed by atoms with van der Waals surface area (Å²) in [4.78, 5) is 0. The fourth-order valence-electron chi connectivity index (χ4n) is 2.92. The molecule has 0 amide bonds. The lowest BCUT2D eigenvalue weighted by Crippen LogP contribution is -2.35. The molecular weight excluding hydrogens is 224 g/mol. The summed E-state index contributed by atoms with van der Waals surface area (Å²) in [5.74, 6) is -0.551. The number of benzene rings is 2. The van der Waals surface area contributed by atoms with Gasteiger partial charge in [-0.05, 0) is 16.7 Å². The fraction of sp³-hybridized carbons (Fsp3) is 0.250. The molecule has 2 aromatic carbocycles. The van der Waals surface area contributed by atoms with Gasteiger partial charge in [-0.1, -0.05) is 48.5 Å². The molecule has 0 radical (unpaired) electrons. The van der Waals surface area contributed by atoms with Crippen molar-refractivity contribution >= 4 is 0 Å². The molecule has 1 spiro atoms. The summed E-state index contributed by atoms with van der Waals surface area (Å²) in [6, 6.07) is 16.8. The van der Waals surface area contributed by atoms with Crippen LogP contribution in [0, 0.1) is 0 Å². The first-order chi connectivity index (χ1) is 8.87. The van der Waals surface area contributed by atoms with Crippen LogP contribution in [0.25, 0.3) is 0 Å². The Morgan fingerprint density at radius 2 is 1.33 bits per heavy atom. The summed E-state index contributed by atoms with van der Waals surface area (Å²) in [5, 5.41) is 0. The number of hydrogen-bond acceptors (Lipinski definition) is 2. The highest BCUT2D eigenvalue weighted by Gasteiger charge is 2.43. The summed E-state index contributed by atoms with van der Waals surface area (Å²) < 4.78 is 12.0. The van der Waals surface area contributed by atoms with Gasteiger partial charge in [0.25, 0.3) is 0 Å². The van der Waals surface area contributed by atoms with E-state index >= 15 is 0 Å². The van der Waals surface area contributed by atoms with Crippen molar-refractivity contribution < 1.29 is 9.47 Å². The normalized spacial score (nSPS) is 24.9. The Hall–Kier alpha value is -1.64. The summed E-state index contributed by atoms with van der Waals surface area (Å²) >= 11 is 0. The van der Waals surface area contributed by atoms with E-state index in [1.165, 1.54) is 22.3 Å². The quantitative estimate of drug-likeness (QED) is 0.702. The van der Waals surface area contributed by atoms with Crippen LogP contribution in [0.4, 0.5) is 0 Å². The average molecular weight is 238 g/mol. The van der Waals surface area contributed by atoms with Crippen LogP contribution in [0.2, 0.25) is 0 Å². The lowest BCUT2D eigenvalue weighted by Gasteiger charge is -2.34. The molecular formula is C16H14O2. The molecule has 0 fully saturated rings. The predicted molar refractivity (Wildman–Crippen MR) is 67.8 cm³/mol. The second-order valence-electron chi connectivity index (χ2n) is 4.93. The van der Waals surface area contributed by atoms with Gasteiger partial charge in [0.2, 0.25) is 0 Å². The van der Waals surface area contributed by atoms with E-state index in [1.807, 2.05) is 0 Å². The maximum absolute atomic E-state index is 6.06.